The third kappa shape index (κ3) is 6.16. The summed E-state index contributed by atoms with van der Waals surface area (Å²) in [5.41, 5.74) is 1.16. The number of carboxylic acids is 1. The lowest BCUT2D eigenvalue weighted by Crippen LogP contribution is -2.44. The van der Waals surface area contributed by atoms with E-state index in [2.05, 4.69) is 31.3 Å². The van der Waals surface area contributed by atoms with Gasteiger partial charge in [0.05, 0.1) is 5.92 Å². The molecule has 22 heavy (non-hydrogen) atoms. The van der Waals surface area contributed by atoms with Gasteiger partial charge in [-0.3, -0.25) is 4.79 Å². The van der Waals surface area contributed by atoms with Crippen molar-refractivity contribution in [3.05, 3.63) is 35.9 Å². The highest BCUT2D eigenvalue weighted by Crippen LogP contribution is 2.20. The Kier molecular flexibility index (Phi) is 6.40. The number of nitrogens with zero attached hydrogens (tertiary/aromatic N) is 1. The van der Waals surface area contributed by atoms with Crippen LogP contribution in [0.3, 0.4) is 0 Å². The van der Waals surface area contributed by atoms with Gasteiger partial charge in [0, 0.05) is 20.1 Å². The van der Waals surface area contributed by atoms with E-state index in [9.17, 15) is 9.59 Å². The van der Waals surface area contributed by atoms with Crippen molar-refractivity contribution in [3.63, 3.8) is 0 Å². The highest BCUT2D eigenvalue weighted by molar-refractivity contribution is 5.75. The lowest BCUT2D eigenvalue weighted by atomic mass is 9.86. The summed E-state index contributed by atoms with van der Waals surface area (Å²) in [5.74, 6) is -1.47. The van der Waals surface area contributed by atoms with Gasteiger partial charge >= 0.3 is 12.0 Å². The van der Waals surface area contributed by atoms with Crippen LogP contribution in [0.4, 0.5) is 4.79 Å². The van der Waals surface area contributed by atoms with Crippen LogP contribution in [0.25, 0.3) is 0 Å². The number of amides is 2. The van der Waals surface area contributed by atoms with Crippen molar-refractivity contribution in [2.45, 2.75) is 27.2 Å². The molecule has 0 bridgehead atoms. The van der Waals surface area contributed by atoms with E-state index in [0.29, 0.717) is 6.54 Å². The second kappa shape index (κ2) is 7.82. The van der Waals surface area contributed by atoms with Crippen LogP contribution >= 0.6 is 0 Å². The first-order chi connectivity index (χ1) is 10.2. The van der Waals surface area contributed by atoms with Crippen LogP contribution in [0.15, 0.2) is 30.3 Å². The fraction of sp³-hybridized carbons (Fsp3) is 0.529. The third-order valence-electron chi connectivity index (χ3n) is 3.56. The number of nitrogens with one attached hydrogen (secondary N) is 1. The summed E-state index contributed by atoms with van der Waals surface area (Å²) in [6, 6.07) is 9.90. The molecule has 2 amide bonds. The van der Waals surface area contributed by atoms with Gasteiger partial charge in [0.15, 0.2) is 0 Å². The van der Waals surface area contributed by atoms with Crippen molar-refractivity contribution in [2.24, 2.45) is 11.3 Å². The number of rotatable bonds is 7. The van der Waals surface area contributed by atoms with Crippen molar-refractivity contribution in [3.8, 4) is 0 Å². The molecule has 1 rings (SSSR count). The molecule has 0 fully saturated rings. The summed E-state index contributed by atoms with van der Waals surface area (Å²) in [5, 5.41) is 11.8. The normalized spacial score (nSPS) is 12.5. The maximum Gasteiger partial charge on any atom is 0.317 e. The number of hydrogen-bond acceptors (Lipinski definition) is 2. The van der Waals surface area contributed by atoms with Crippen molar-refractivity contribution in [1.29, 1.82) is 0 Å². The number of carbonyl (C=O) groups is 2. The molecule has 0 spiro atoms. The van der Waals surface area contributed by atoms with Crippen molar-refractivity contribution in [1.82, 2.24) is 10.2 Å². The number of aliphatic carboxylic acids is 1. The molecular weight excluding hydrogens is 280 g/mol. The van der Waals surface area contributed by atoms with Crippen LogP contribution < -0.4 is 5.32 Å². The van der Waals surface area contributed by atoms with Gasteiger partial charge in [-0.2, -0.15) is 0 Å². The Morgan fingerprint density at radius 2 is 1.86 bits per heavy atom. The van der Waals surface area contributed by atoms with Gasteiger partial charge in [-0.1, -0.05) is 51.1 Å². The van der Waals surface area contributed by atoms with Crippen molar-refractivity contribution >= 4 is 12.0 Å². The molecular formula is C17H26N2O3. The summed E-state index contributed by atoms with van der Waals surface area (Å²) >= 11 is 0. The summed E-state index contributed by atoms with van der Waals surface area (Å²) in [7, 11) is 1.61. The first-order valence-corrected chi connectivity index (χ1v) is 7.47. The third-order valence-corrected chi connectivity index (χ3v) is 3.56. The molecule has 2 N–H and O–H groups in total. The molecule has 1 atom stereocenters. The zero-order valence-corrected chi connectivity index (χ0v) is 13.8. The molecule has 0 aliphatic rings. The lowest BCUT2D eigenvalue weighted by molar-refractivity contribution is -0.141. The average molecular weight is 306 g/mol. The Labute approximate surface area is 132 Å². The van der Waals surface area contributed by atoms with E-state index in [4.69, 9.17) is 5.11 Å². The van der Waals surface area contributed by atoms with E-state index < -0.39 is 11.9 Å². The van der Waals surface area contributed by atoms with E-state index >= 15 is 0 Å². The minimum atomic E-state index is -0.899. The maximum absolute atomic E-state index is 12.0. The molecule has 0 heterocycles. The standard InChI is InChI=1S/C17H26N2O3/c1-13(15(20)21)11-19(4)16(22)18-12-17(2,3)10-14-8-6-5-7-9-14/h5-9,13H,10-12H2,1-4H3,(H,18,22)(H,20,21). The fourth-order valence-electron chi connectivity index (χ4n) is 2.23. The highest BCUT2D eigenvalue weighted by atomic mass is 16.4. The van der Waals surface area contributed by atoms with Crippen molar-refractivity contribution in [2.75, 3.05) is 20.1 Å². The molecule has 1 aromatic rings. The summed E-state index contributed by atoms with van der Waals surface area (Å²) < 4.78 is 0. The molecule has 0 aliphatic heterocycles. The second-order valence-electron chi connectivity index (χ2n) is 6.61. The van der Waals surface area contributed by atoms with Gasteiger partial charge in [0.1, 0.15) is 0 Å². The minimum Gasteiger partial charge on any atom is -0.481 e. The van der Waals surface area contributed by atoms with Gasteiger partial charge in [-0.15, -0.1) is 0 Å². The molecule has 0 aromatic heterocycles. The quantitative estimate of drug-likeness (QED) is 0.813. The fourth-order valence-corrected chi connectivity index (χ4v) is 2.23. The number of hydrogen-bond donors (Lipinski definition) is 2. The Morgan fingerprint density at radius 1 is 1.27 bits per heavy atom. The second-order valence-corrected chi connectivity index (χ2v) is 6.61. The minimum absolute atomic E-state index is 0.0731. The molecule has 122 valence electrons. The largest absolute Gasteiger partial charge is 0.481 e. The molecule has 1 unspecified atom stereocenters. The average Bonchev–Trinajstić information content (AvgIpc) is 2.45. The van der Waals surface area contributed by atoms with Crippen molar-refractivity contribution < 1.29 is 14.7 Å². The topological polar surface area (TPSA) is 69.6 Å². The van der Waals surface area contributed by atoms with E-state index in [1.165, 1.54) is 10.5 Å². The first-order valence-electron chi connectivity index (χ1n) is 7.47. The SMILES string of the molecule is CC(CN(C)C(=O)NCC(C)(C)Cc1ccccc1)C(=O)O. The number of carbonyl (C=O) groups excluding carboxylic acids is 1. The Balaban J connectivity index is 2.46. The zero-order chi connectivity index (χ0) is 16.8. The number of urea groups is 1. The predicted octanol–water partition coefficient (Wildman–Crippen LogP) is 2.62. The number of benzene rings is 1. The zero-order valence-electron chi connectivity index (χ0n) is 13.8. The summed E-state index contributed by atoms with van der Waals surface area (Å²) in [6.07, 6.45) is 0.864. The number of carboxylic acid groups (broad SMARTS) is 1. The Bertz CT molecular complexity index is 500. The lowest BCUT2D eigenvalue weighted by Gasteiger charge is -2.27. The van der Waals surface area contributed by atoms with E-state index in [1.54, 1.807) is 14.0 Å². The van der Waals surface area contributed by atoms with Crippen LogP contribution in [-0.4, -0.2) is 42.1 Å². The highest BCUT2D eigenvalue weighted by Gasteiger charge is 2.22. The van der Waals surface area contributed by atoms with Gasteiger partial charge in [0.2, 0.25) is 0 Å². The predicted molar refractivity (Wildman–Crippen MR) is 86.8 cm³/mol. The Morgan fingerprint density at radius 3 is 2.41 bits per heavy atom. The molecule has 5 nitrogen and oxygen atoms in total. The van der Waals surface area contributed by atoms with Crippen LogP contribution in [0, 0.1) is 11.3 Å². The van der Waals surface area contributed by atoms with Gasteiger partial charge in [-0.05, 0) is 17.4 Å². The summed E-state index contributed by atoms with van der Waals surface area (Å²) in [4.78, 5) is 24.3. The monoisotopic (exact) mass is 306 g/mol. The maximum atomic E-state index is 12.0. The van der Waals surface area contributed by atoms with Gasteiger partial charge in [-0.25, -0.2) is 4.79 Å². The van der Waals surface area contributed by atoms with Gasteiger partial charge in [0.25, 0.3) is 0 Å². The van der Waals surface area contributed by atoms with Crippen LogP contribution in [0.5, 0.6) is 0 Å². The van der Waals surface area contributed by atoms with E-state index in [-0.39, 0.29) is 18.0 Å². The van der Waals surface area contributed by atoms with E-state index in [1.807, 2.05) is 18.2 Å². The molecule has 0 saturated heterocycles. The van der Waals surface area contributed by atoms with Crippen LogP contribution in [0.1, 0.15) is 26.3 Å². The van der Waals surface area contributed by atoms with E-state index in [0.717, 1.165) is 6.42 Å². The molecule has 1 aromatic carbocycles. The molecule has 5 heteroatoms. The molecule has 0 aliphatic carbocycles. The Hall–Kier alpha value is -2.04. The first kappa shape index (κ1) is 18.0. The molecule has 0 radical (unpaired) electrons. The van der Waals surface area contributed by atoms with Crippen LogP contribution in [0.2, 0.25) is 0 Å². The smallest absolute Gasteiger partial charge is 0.317 e. The van der Waals surface area contributed by atoms with Gasteiger partial charge < -0.3 is 15.3 Å². The molecule has 0 saturated carbocycles. The summed E-state index contributed by atoms with van der Waals surface area (Å²) in [6.45, 7) is 6.51. The van der Waals surface area contributed by atoms with Crippen LogP contribution in [-0.2, 0) is 11.2 Å².